The molecule has 7 nitrogen and oxygen atoms in total. The average Bonchev–Trinajstić information content (AvgIpc) is 2.48. The van der Waals surface area contributed by atoms with Crippen molar-refractivity contribution in [3.05, 3.63) is 5.82 Å². The Morgan fingerprint density at radius 1 is 1.54 bits per heavy atom. The molecule has 0 amide bonds. The zero-order chi connectivity index (χ0) is 9.90. The summed E-state index contributed by atoms with van der Waals surface area (Å²) in [6, 6.07) is 0. The maximum atomic E-state index is 11.0. The topological polar surface area (TPSA) is 89.8 Å². The smallest absolute Gasteiger partial charge is 0.211 e. The van der Waals surface area contributed by atoms with Crippen LogP contribution in [0.2, 0.25) is 0 Å². The molecule has 0 aliphatic carbocycles. The summed E-state index contributed by atoms with van der Waals surface area (Å²) in [5.41, 5.74) is 0. The summed E-state index contributed by atoms with van der Waals surface area (Å²) in [5, 5.41) is 10.6. The Balaban J connectivity index is 2.58. The summed E-state index contributed by atoms with van der Waals surface area (Å²) in [7, 11) is -1.52. The Morgan fingerprint density at radius 2 is 2.23 bits per heavy atom. The second kappa shape index (κ2) is 3.79. The van der Waals surface area contributed by atoms with Gasteiger partial charge in [-0.1, -0.05) is 0 Å². The van der Waals surface area contributed by atoms with Gasteiger partial charge in [0.05, 0.1) is 12.3 Å². The van der Waals surface area contributed by atoms with Crippen molar-refractivity contribution in [3.63, 3.8) is 0 Å². The van der Waals surface area contributed by atoms with Crippen molar-refractivity contribution in [1.29, 1.82) is 0 Å². The molecule has 1 N–H and O–H groups in total. The second-order valence-electron chi connectivity index (χ2n) is 2.44. The van der Waals surface area contributed by atoms with Gasteiger partial charge in [0.25, 0.3) is 0 Å². The number of nitrogens with zero attached hydrogens (tertiary/aromatic N) is 4. The molecule has 0 aliphatic heterocycles. The fourth-order valence-electron chi connectivity index (χ4n) is 0.674. The van der Waals surface area contributed by atoms with E-state index in [1.165, 1.54) is 4.68 Å². The third kappa shape index (κ3) is 2.74. The van der Waals surface area contributed by atoms with Crippen LogP contribution < -0.4 is 4.72 Å². The molecular weight excluding hydrogens is 194 g/mol. The Kier molecular flexibility index (Phi) is 2.94. The van der Waals surface area contributed by atoms with Gasteiger partial charge in [-0.3, -0.25) is 0 Å². The Hall–Kier alpha value is -1.02. The molecule has 0 spiro atoms. The normalized spacial score (nSPS) is 11.8. The van der Waals surface area contributed by atoms with Crippen LogP contribution in [0.15, 0.2) is 0 Å². The first-order valence-corrected chi connectivity index (χ1v) is 5.39. The minimum absolute atomic E-state index is 0.0538. The quantitative estimate of drug-likeness (QED) is 0.656. The van der Waals surface area contributed by atoms with E-state index >= 15 is 0 Å². The van der Waals surface area contributed by atoms with Crippen molar-refractivity contribution in [2.75, 3.05) is 5.75 Å². The van der Waals surface area contributed by atoms with E-state index in [1.54, 1.807) is 14.0 Å². The van der Waals surface area contributed by atoms with E-state index in [9.17, 15) is 8.42 Å². The fraction of sp³-hybridized carbons (Fsp3) is 0.800. The molecule has 0 aliphatic rings. The van der Waals surface area contributed by atoms with Gasteiger partial charge >= 0.3 is 0 Å². The first-order chi connectivity index (χ1) is 6.05. The van der Waals surface area contributed by atoms with Gasteiger partial charge < -0.3 is 0 Å². The maximum absolute atomic E-state index is 11.0. The molecule has 1 aromatic heterocycles. The van der Waals surface area contributed by atoms with Crippen LogP contribution in [0.5, 0.6) is 0 Å². The number of aryl methyl sites for hydroxylation is 1. The Bertz CT molecular complexity index is 370. The second-order valence-corrected chi connectivity index (χ2v) is 4.54. The summed E-state index contributed by atoms with van der Waals surface area (Å²) in [6.45, 7) is 1.69. The lowest BCUT2D eigenvalue weighted by Gasteiger charge is -2.01. The molecule has 13 heavy (non-hydrogen) atoms. The van der Waals surface area contributed by atoms with Gasteiger partial charge in [-0.2, -0.15) is 0 Å². The fourth-order valence-corrected chi connectivity index (χ4v) is 1.23. The van der Waals surface area contributed by atoms with Gasteiger partial charge in [-0.15, -0.1) is 5.10 Å². The Morgan fingerprint density at radius 3 is 2.69 bits per heavy atom. The molecule has 0 fully saturated rings. The molecule has 0 unspecified atom stereocenters. The molecule has 0 atom stereocenters. The van der Waals surface area contributed by atoms with Gasteiger partial charge in [0.2, 0.25) is 10.0 Å². The molecule has 1 heterocycles. The molecule has 0 saturated carbocycles. The number of aromatic nitrogens is 4. The minimum Gasteiger partial charge on any atom is -0.231 e. The molecule has 0 radical (unpaired) electrons. The lowest BCUT2D eigenvalue weighted by molar-refractivity contribution is 0.576. The molecule has 1 rings (SSSR count). The first-order valence-electron chi connectivity index (χ1n) is 3.73. The summed E-state index contributed by atoms with van der Waals surface area (Å²) in [6.07, 6.45) is 0. The molecule has 0 saturated heterocycles. The van der Waals surface area contributed by atoms with Crippen LogP contribution in [-0.2, 0) is 23.6 Å². The van der Waals surface area contributed by atoms with E-state index in [2.05, 4.69) is 20.2 Å². The van der Waals surface area contributed by atoms with Crippen LogP contribution in [0.4, 0.5) is 0 Å². The van der Waals surface area contributed by atoms with Crippen molar-refractivity contribution in [3.8, 4) is 0 Å². The summed E-state index contributed by atoms with van der Waals surface area (Å²) >= 11 is 0. The maximum Gasteiger partial charge on any atom is 0.211 e. The number of rotatable bonds is 4. The van der Waals surface area contributed by atoms with Crippen LogP contribution in [0.3, 0.4) is 0 Å². The van der Waals surface area contributed by atoms with E-state index in [4.69, 9.17) is 0 Å². The van der Waals surface area contributed by atoms with Crippen LogP contribution in [0.1, 0.15) is 12.7 Å². The van der Waals surface area contributed by atoms with Crippen LogP contribution in [0, 0.1) is 0 Å². The number of hydrogen-bond donors (Lipinski definition) is 1. The van der Waals surface area contributed by atoms with Crippen LogP contribution in [0.25, 0.3) is 0 Å². The third-order valence-electron chi connectivity index (χ3n) is 1.54. The zero-order valence-electron chi connectivity index (χ0n) is 7.43. The standard InChI is InChI=1S/C5H11N5O2S/c1-3-13(11,12)6-4-5-7-8-9-10(5)2/h6H,3-4H2,1-2H3. The lowest BCUT2D eigenvalue weighted by Crippen LogP contribution is -2.26. The minimum atomic E-state index is -3.17. The first kappa shape index (κ1) is 10.1. The highest BCUT2D eigenvalue weighted by Gasteiger charge is 2.08. The van der Waals surface area contributed by atoms with E-state index in [1.807, 2.05) is 0 Å². The molecule has 8 heteroatoms. The van der Waals surface area contributed by atoms with Crippen molar-refractivity contribution in [1.82, 2.24) is 24.9 Å². The van der Waals surface area contributed by atoms with Crippen molar-refractivity contribution >= 4 is 10.0 Å². The SMILES string of the molecule is CCS(=O)(=O)NCc1nnnn1C. The number of tetrazole rings is 1. The Labute approximate surface area is 76.2 Å². The van der Waals surface area contributed by atoms with Crippen LogP contribution in [-0.4, -0.2) is 34.4 Å². The number of nitrogens with one attached hydrogen (secondary N) is 1. The van der Waals surface area contributed by atoms with Gasteiger partial charge in [-0.25, -0.2) is 17.8 Å². The molecule has 0 aromatic carbocycles. The highest BCUT2D eigenvalue weighted by atomic mass is 32.2. The van der Waals surface area contributed by atoms with Crippen LogP contribution >= 0.6 is 0 Å². The third-order valence-corrected chi connectivity index (χ3v) is 2.88. The molecule has 0 bridgehead atoms. The van der Waals surface area contributed by atoms with Crippen molar-refractivity contribution in [2.45, 2.75) is 13.5 Å². The zero-order valence-corrected chi connectivity index (χ0v) is 8.24. The number of sulfonamides is 1. The largest absolute Gasteiger partial charge is 0.231 e. The highest BCUT2D eigenvalue weighted by Crippen LogP contribution is 1.90. The van der Waals surface area contributed by atoms with Gasteiger partial charge in [0.1, 0.15) is 0 Å². The summed E-state index contributed by atoms with van der Waals surface area (Å²) in [4.78, 5) is 0. The molecule has 1 aromatic rings. The summed E-state index contributed by atoms with van der Waals surface area (Å²) in [5.74, 6) is 0.537. The van der Waals surface area contributed by atoms with E-state index in [0.717, 1.165) is 0 Å². The molecular formula is C5H11N5O2S. The van der Waals surface area contributed by atoms with Gasteiger partial charge in [-0.05, 0) is 17.4 Å². The van der Waals surface area contributed by atoms with Gasteiger partial charge in [0, 0.05) is 7.05 Å². The van der Waals surface area contributed by atoms with E-state index in [0.29, 0.717) is 5.82 Å². The number of hydrogen-bond acceptors (Lipinski definition) is 5. The lowest BCUT2D eigenvalue weighted by atomic mass is 10.6. The van der Waals surface area contributed by atoms with E-state index in [-0.39, 0.29) is 12.3 Å². The predicted molar refractivity (Wildman–Crippen MR) is 45.1 cm³/mol. The van der Waals surface area contributed by atoms with Crippen molar-refractivity contribution in [2.24, 2.45) is 7.05 Å². The average molecular weight is 205 g/mol. The predicted octanol–water partition coefficient (Wildman–Crippen LogP) is -1.35. The molecule has 74 valence electrons. The van der Waals surface area contributed by atoms with Crippen molar-refractivity contribution < 1.29 is 8.42 Å². The van der Waals surface area contributed by atoms with Gasteiger partial charge in [0.15, 0.2) is 5.82 Å². The monoisotopic (exact) mass is 205 g/mol. The highest BCUT2D eigenvalue weighted by molar-refractivity contribution is 7.89. The summed E-state index contributed by atoms with van der Waals surface area (Å²) < 4.78 is 25.8. The van der Waals surface area contributed by atoms with E-state index < -0.39 is 10.0 Å².